The van der Waals surface area contributed by atoms with Gasteiger partial charge in [0.2, 0.25) is 40.3 Å². The van der Waals surface area contributed by atoms with E-state index in [0.717, 1.165) is 6.92 Å². The molecular weight excluding hydrogens is 311 g/mol. The van der Waals surface area contributed by atoms with E-state index >= 15 is 0 Å². The summed E-state index contributed by atoms with van der Waals surface area (Å²) in [5.74, 6) is -15.4. The SMILES string of the molecule is CC(=O)S[C@H](O)C(=O)Oc1c(F)c(F)c(F)c(F)c1F. The van der Waals surface area contributed by atoms with Crippen molar-refractivity contribution in [2.45, 2.75) is 12.4 Å². The van der Waals surface area contributed by atoms with E-state index in [9.17, 15) is 31.5 Å². The highest BCUT2D eigenvalue weighted by Crippen LogP contribution is 2.29. The van der Waals surface area contributed by atoms with E-state index in [2.05, 4.69) is 4.74 Å². The molecule has 1 atom stereocenters. The van der Waals surface area contributed by atoms with Crippen molar-refractivity contribution < 1.29 is 41.4 Å². The highest BCUT2D eigenvalue weighted by Gasteiger charge is 2.30. The number of hydrogen-bond acceptors (Lipinski definition) is 5. The van der Waals surface area contributed by atoms with Gasteiger partial charge in [0.25, 0.3) is 0 Å². The van der Waals surface area contributed by atoms with E-state index in [1.807, 2.05) is 0 Å². The molecule has 20 heavy (non-hydrogen) atoms. The van der Waals surface area contributed by atoms with Crippen LogP contribution < -0.4 is 4.74 Å². The van der Waals surface area contributed by atoms with Crippen molar-refractivity contribution in [3.8, 4) is 5.75 Å². The van der Waals surface area contributed by atoms with Gasteiger partial charge in [0.1, 0.15) is 0 Å². The molecule has 0 aliphatic rings. The maximum Gasteiger partial charge on any atom is 0.351 e. The fourth-order valence-corrected chi connectivity index (χ4v) is 1.49. The van der Waals surface area contributed by atoms with Crippen LogP contribution in [0.1, 0.15) is 6.92 Å². The Kier molecular flexibility index (Phi) is 5.06. The van der Waals surface area contributed by atoms with E-state index in [0.29, 0.717) is 0 Å². The summed E-state index contributed by atoms with van der Waals surface area (Å²) >= 11 is 0.0407. The Morgan fingerprint density at radius 2 is 1.40 bits per heavy atom. The predicted octanol–water partition coefficient (Wildman–Crippen LogP) is 1.89. The van der Waals surface area contributed by atoms with Crippen molar-refractivity contribution in [2.24, 2.45) is 0 Å². The molecule has 0 heterocycles. The molecule has 0 fully saturated rings. The van der Waals surface area contributed by atoms with Crippen LogP contribution in [0.4, 0.5) is 22.0 Å². The summed E-state index contributed by atoms with van der Waals surface area (Å²) in [7, 11) is 0. The first-order chi connectivity index (χ1) is 9.16. The molecule has 0 amide bonds. The minimum absolute atomic E-state index is 0.0407. The second-order valence-corrected chi connectivity index (χ2v) is 4.54. The molecule has 0 saturated heterocycles. The van der Waals surface area contributed by atoms with Crippen LogP contribution in [0.25, 0.3) is 0 Å². The van der Waals surface area contributed by atoms with Gasteiger partial charge in [-0.15, -0.1) is 0 Å². The number of esters is 1. The standard InChI is InChI=1S/C10H5F5O4S/c1-2(16)20-10(18)9(17)19-8-6(14)4(12)3(11)5(13)7(8)15/h10,18H,1H3/t10-/m0/s1. The summed E-state index contributed by atoms with van der Waals surface area (Å²) in [4.78, 5) is 21.7. The monoisotopic (exact) mass is 316 g/mol. The van der Waals surface area contributed by atoms with Crippen LogP contribution in [0.15, 0.2) is 0 Å². The first-order valence-corrected chi connectivity index (χ1v) is 5.63. The summed E-state index contributed by atoms with van der Waals surface area (Å²) in [5.41, 5.74) is -2.16. The van der Waals surface area contributed by atoms with E-state index in [-0.39, 0.29) is 11.8 Å². The van der Waals surface area contributed by atoms with Gasteiger partial charge in [0.05, 0.1) is 0 Å². The zero-order chi connectivity index (χ0) is 15.6. The van der Waals surface area contributed by atoms with Gasteiger partial charge in [-0.05, 0) is 11.8 Å². The highest BCUT2D eigenvalue weighted by molar-refractivity contribution is 8.14. The Morgan fingerprint density at radius 3 is 1.80 bits per heavy atom. The minimum Gasteiger partial charge on any atom is -0.417 e. The molecule has 4 nitrogen and oxygen atoms in total. The van der Waals surface area contributed by atoms with E-state index in [1.54, 1.807) is 0 Å². The van der Waals surface area contributed by atoms with Crippen molar-refractivity contribution in [1.82, 2.24) is 0 Å². The van der Waals surface area contributed by atoms with Gasteiger partial charge >= 0.3 is 5.97 Å². The third kappa shape index (κ3) is 3.25. The van der Waals surface area contributed by atoms with Gasteiger partial charge in [-0.3, -0.25) is 4.79 Å². The first kappa shape index (κ1) is 16.4. The van der Waals surface area contributed by atoms with E-state index in [4.69, 9.17) is 5.11 Å². The fraction of sp³-hybridized carbons (Fsp3) is 0.200. The fourth-order valence-electron chi connectivity index (χ4n) is 1.03. The number of benzene rings is 1. The molecule has 1 aromatic carbocycles. The number of aliphatic hydroxyl groups is 1. The van der Waals surface area contributed by atoms with Crippen LogP contribution in [-0.4, -0.2) is 21.6 Å². The number of halogens is 5. The topological polar surface area (TPSA) is 63.6 Å². The molecule has 0 aromatic heterocycles. The lowest BCUT2D eigenvalue weighted by atomic mass is 10.2. The number of ether oxygens (including phenoxy) is 1. The van der Waals surface area contributed by atoms with Crippen LogP contribution in [0.5, 0.6) is 5.75 Å². The smallest absolute Gasteiger partial charge is 0.351 e. The number of carbonyl (C=O) groups is 2. The average molecular weight is 316 g/mol. The lowest BCUT2D eigenvalue weighted by Crippen LogP contribution is -2.25. The van der Waals surface area contributed by atoms with Gasteiger partial charge < -0.3 is 9.84 Å². The molecule has 0 aliphatic carbocycles. The quantitative estimate of drug-likeness (QED) is 0.230. The summed E-state index contributed by atoms with van der Waals surface area (Å²) < 4.78 is 68.4. The van der Waals surface area contributed by atoms with Crippen molar-refractivity contribution in [1.29, 1.82) is 0 Å². The van der Waals surface area contributed by atoms with Gasteiger partial charge in [-0.25, -0.2) is 18.0 Å². The van der Waals surface area contributed by atoms with E-state index < -0.39 is 51.4 Å². The van der Waals surface area contributed by atoms with E-state index in [1.165, 1.54) is 0 Å². The summed E-state index contributed by atoms with van der Waals surface area (Å²) in [6.07, 6.45) is 0. The third-order valence-electron chi connectivity index (χ3n) is 1.85. The highest BCUT2D eigenvalue weighted by atomic mass is 32.2. The minimum atomic E-state index is -2.42. The molecule has 0 spiro atoms. The van der Waals surface area contributed by atoms with Gasteiger partial charge in [-0.1, -0.05) is 0 Å². The molecule has 1 rings (SSSR count). The molecule has 1 aromatic rings. The zero-order valence-corrected chi connectivity index (χ0v) is 10.4. The molecule has 10 heteroatoms. The Bertz CT molecular complexity index is 548. The Morgan fingerprint density at radius 1 is 1.00 bits per heavy atom. The third-order valence-corrected chi connectivity index (χ3v) is 2.60. The normalized spacial score (nSPS) is 12.2. The molecule has 0 saturated carbocycles. The van der Waals surface area contributed by atoms with Crippen molar-refractivity contribution in [2.75, 3.05) is 0 Å². The number of thioether (sulfide) groups is 1. The van der Waals surface area contributed by atoms with Crippen molar-refractivity contribution in [3.63, 3.8) is 0 Å². The predicted molar refractivity (Wildman–Crippen MR) is 56.1 cm³/mol. The average Bonchev–Trinajstić information content (AvgIpc) is 2.38. The molecule has 0 aliphatic heterocycles. The Labute approximate surface area is 112 Å². The summed E-state index contributed by atoms with van der Waals surface area (Å²) in [6.45, 7) is 0.972. The van der Waals surface area contributed by atoms with Crippen LogP contribution in [0.3, 0.4) is 0 Å². The second kappa shape index (κ2) is 6.18. The van der Waals surface area contributed by atoms with Gasteiger partial charge in [-0.2, -0.15) is 8.78 Å². The Balaban J connectivity index is 3.10. The molecule has 0 bridgehead atoms. The zero-order valence-electron chi connectivity index (χ0n) is 9.55. The maximum atomic E-state index is 13.1. The number of carbonyl (C=O) groups excluding carboxylic acids is 2. The Hall–Kier alpha value is -1.68. The molecular formula is C10H5F5O4S. The second-order valence-electron chi connectivity index (χ2n) is 3.28. The molecule has 0 unspecified atom stereocenters. The van der Waals surface area contributed by atoms with Gasteiger partial charge in [0, 0.05) is 6.92 Å². The first-order valence-electron chi connectivity index (χ1n) is 4.75. The van der Waals surface area contributed by atoms with Crippen molar-refractivity contribution in [3.05, 3.63) is 29.1 Å². The largest absolute Gasteiger partial charge is 0.417 e. The molecule has 110 valence electrons. The number of hydrogen-bond donors (Lipinski definition) is 1. The van der Waals surface area contributed by atoms with Crippen LogP contribution in [0.2, 0.25) is 0 Å². The van der Waals surface area contributed by atoms with Crippen molar-refractivity contribution >= 4 is 22.8 Å². The molecule has 0 radical (unpaired) electrons. The lowest BCUT2D eigenvalue weighted by molar-refractivity contribution is -0.139. The number of rotatable bonds is 3. The summed E-state index contributed by atoms with van der Waals surface area (Å²) in [5, 5.41) is 8.36. The molecule has 1 N–H and O–H groups in total. The number of aliphatic hydroxyl groups excluding tert-OH is 1. The lowest BCUT2D eigenvalue weighted by Gasteiger charge is -2.11. The summed E-state index contributed by atoms with van der Waals surface area (Å²) in [6, 6.07) is 0. The van der Waals surface area contributed by atoms with Gasteiger partial charge in [0.15, 0.2) is 5.12 Å². The van der Waals surface area contributed by atoms with Crippen LogP contribution in [0, 0.1) is 29.1 Å². The van der Waals surface area contributed by atoms with Crippen LogP contribution >= 0.6 is 11.8 Å². The maximum absolute atomic E-state index is 13.1. The van der Waals surface area contributed by atoms with Crippen LogP contribution in [-0.2, 0) is 9.59 Å².